The van der Waals surface area contributed by atoms with Gasteiger partial charge in [0.05, 0.1) is 33.0 Å². The number of aliphatic hydroxyl groups is 1. The van der Waals surface area contributed by atoms with E-state index in [0.717, 1.165) is 76.5 Å². The second-order valence-electron chi connectivity index (χ2n) is 13.7. The topological polar surface area (TPSA) is 102 Å². The van der Waals surface area contributed by atoms with Crippen molar-refractivity contribution in [1.29, 1.82) is 0 Å². The number of nitrogens with zero attached hydrogens (tertiary/aromatic N) is 1. The summed E-state index contributed by atoms with van der Waals surface area (Å²) in [6.07, 6.45) is 0.868. The van der Waals surface area contributed by atoms with Gasteiger partial charge in [-0.2, -0.15) is 0 Å². The van der Waals surface area contributed by atoms with E-state index in [2.05, 4.69) is 64.1 Å². The van der Waals surface area contributed by atoms with Crippen molar-refractivity contribution in [2.24, 2.45) is 0 Å². The van der Waals surface area contributed by atoms with Crippen LogP contribution in [0, 0.1) is 0 Å². The number of hydrogen-bond acceptors (Lipinski definition) is 7. The van der Waals surface area contributed by atoms with Crippen molar-refractivity contribution >= 4 is 6.03 Å². The van der Waals surface area contributed by atoms with Crippen molar-refractivity contribution in [2.45, 2.75) is 57.6 Å². The zero-order valence-electron chi connectivity index (χ0n) is 30.3. The van der Waals surface area contributed by atoms with Gasteiger partial charge in [-0.25, -0.2) is 4.79 Å². The molecular formula is C44H47N3O6. The molecule has 7 rings (SSSR count). The van der Waals surface area contributed by atoms with Crippen molar-refractivity contribution < 1.29 is 28.8 Å². The number of aliphatic hydroxyl groups excluding tert-OH is 1. The molecule has 9 heteroatoms. The highest BCUT2D eigenvalue weighted by molar-refractivity contribution is 5.74. The van der Waals surface area contributed by atoms with Crippen molar-refractivity contribution in [2.75, 3.05) is 27.3 Å². The number of urea groups is 1. The molecule has 0 saturated carbocycles. The van der Waals surface area contributed by atoms with Crippen molar-refractivity contribution in [1.82, 2.24) is 15.5 Å². The summed E-state index contributed by atoms with van der Waals surface area (Å²) in [7, 11) is 3.35. The molecule has 0 aliphatic carbocycles. The molecule has 1 saturated heterocycles. The second kappa shape index (κ2) is 17.1. The standard InChI is InChI=1S/C44H47N3O6/c1-50-41-22-37-19-20-47(27-38(37)23-42(41)51-2)28-39-24-40(34-13-11-31(29-48)12-14-34)53-43(52-39)35-17-15-33(16-18-35)36-10-6-9-32(21-36)26-46-44(49)45-25-30-7-4-3-5-8-30/h3-18,21-23,39-40,43,48H,19-20,24-29H2,1-2H3,(H2,45,46,49). The zero-order valence-corrected chi connectivity index (χ0v) is 30.3. The van der Waals surface area contributed by atoms with Crippen LogP contribution in [0.5, 0.6) is 11.5 Å². The largest absolute Gasteiger partial charge is 0.493 e. The summed E-state index contributed by atoms with van der Waals surface area (Å²) in [6.45, 7) is 3.39. The fourth-order valence-corrected chi connectivity index (χ4v) is 7.14. The molecule has 0 radical (unpaired) electrons. The molecule has 53 heavy (non-hydrogen) atoms. The fraction of sp³-hybridized carbons (Fsp3) is 0.295. The lowest BCUT2D eigenvalue weighted by Gasteiger charge is -2.39. The van der Waals surface area contributed by atoms with E-state index < -0.39 is 6.29 Å². The SMILES string of the molecule is COc1cc2c(cc1OC)CN(CC1CC(c3ccc(CO)cc3)OC(c3ccc(-c4cccc(CNC(=O)NCc5ccccc5)c4)cc3)O1)CC2. The van der Waals surface area contributed by atoms with Gasteiger partial charge in [-0.1, -0.05) is 97.1 Å². The molecule has 3 unspecified atom stereocenters. The molecule has 2 aliphatic heterocycles. The zero-order chi connectivity index (χ0) is 36.6. The van der Waals surface area contributed by atoms with Crippen LogP contribution in [0.2, 0.25) is 0 Å². The van der Waals surface area contributed by atoms with Crippen LogP contribution in [-0.2, 0) is 42.1 Å². The molecule has 2 amide bonds. The molecule has 0 spiro atoms. The molecule has 274 valence electrons. The summed E-state index contributed by atoms with van der Waals surface area (Å²) in [5.41, 5.74) is 9.61. The van der Waals surface area contributed by atoms with Crippen LogP contribution in [-0.4, -0.2) is 49.5 Å². The van der Waals surface area contributed by atoms with Gasteiger partial charge in [-0.3, -0.25) is 4.90 Å². The van der Waals surface area contributed by atoms with E-state index in [1.807, 2.05) is 66.7 Å². The van der Waals surface area contributed by atoms with E-state index in [1.54, 1.807) is 14.2 Å². The average molecular weight is 714 g/mol. The second-order valence-corrected chi connectivity index (χ2v) is 13.7. The lowest BCUT2D eigenvalue weighted by atomic mass is 9.96. The van der Waals surface area contributed by atoms with Crippen LogP contribution in [0.25, 0.3) is 11.1 Å². The smallest absolute Gasteiger partial charge is 0.315 e. The lowest BCUT2D eigenvalue weighted by molar-refractivity contribution is -0.253. The monoisotopic (exact) mass is 713 g/mol. The van der Waals surface area contributed by atoms with Gasteiger partial charge >= 0.3 is 6.03 Å². The number of methoxy groups -OCH3 is 2. The van der Waals surface area contributed by atoms with Crippen molar-refractivity contribution in [3.05, 3.63) is 154 Å². The molecule has 5 aromatic carbocycles. The number of rotatable bonds is 12. The molecule has 3 N–H and O–H groups in total. The normalized spacial score (nSPS) is 18.5. The highest BCUT2D eigenvalue weighted by Gasteiger charge is 2.34. The molecule has 1 fully saturated rings. The van der Waals surface area contributed by atoms with Gasteiger partial charge < -0.3 is 34.7 Å². The maximum absolute atomic E-state index is 12.4. The number of benzene rings is 5. The molecular weight excluding hydrogens is 666 g/mol. The Hall–Kier alpha value is -5.19. The predicted molar refractivity (Wildman–Crippen MR) is 204 cm³/mol. The first-order valence-electron chi connectivity index (χ1n) is 18.2. The highest BCUT2D eigenvalue weighted by Crippen LogP contribution is 2.40. The minimum absolute atomic E-state index is 0.00309. The van der Waals surface area contributed by atoms with Gasteiger partial charge in [0.25, 0.3) is 0 Å². The molecule has 9 nitrogen and oxygen atoms in total. The van der Waals surface area contributed by atoms with Gasteiger partial charge in [0.2, 0.25) is 0 Å². The average Bonchev–Trinajstić information content (AvgIpc) is 3.22. The van der Waals surface area contributed by atoms with Gasteiger partial charge in [0, 0.05) is 44.7 Å². The number of carbonyl (C=O) groups is 1. The Balaban J connectivity index is 1.03. The number of ether oxygens (including phenoxy) is 4. The summed E-state index contributed by atoms with van der Waals surface area (Å²) in [5, 5.41) is 15.5. The van der Waals surface area contributed by atoms with E-state index >= 15 is 0 Å². The Morgan fingerprint density at radius 1 is 0.736 bits per heavy atom. The summed E-state index contributed by atoms with van der Waals surface area (Å²) < 4.78 is 24.5. The Labute approximate surface area is 311 Å². The summed E-state index contributed by atoms with van der Waals surface area (Å²) in [5.74, 6) is 1.51. The maximum atomic E-state index is 12.4. The van der Waals surface area contributed by atoms with Gasteiger partial charge in [0.15, 0.2) is 17.8 Å². The molecule has 5 aromatic rings. The third-order valence-electron chi connectivity index (χ3n) is 10.1. The van der Waals surface area contributed by atoms with Gasteiger partial charge in [-0.05, 0) is 69.1 Å². The minimum atomic E-state index is -0.545. The Morgan fingerprint density at radius 3 is 2.13 bits per heavy atom. The first kappa shape index (κ1) is 36.2. The van der Waals surface area contributed by atoms with E-state index in [9.17, 15) is 9.90 Å². The van der Waals surface area contributed by atoms with Crippen LogP contribution in [0.3, 0.4) is 0 Å². The van der Waals surface area contributed by atoms with Crippen LogP contribution >= 0.6 is 0 Å². The maximum Gasteiger partial charge on any atom is 0.315 e. The lowest BCUT2D eigenvalue weighted by Crippen LogP contribution is -2.41. The molecule has 2 aliphatic rings. The first-order valence-corrected chi connectivity index (χ1v) is 18.2. The number of amides is 2. The van der Waals surface area contributed by atoms with Crippen molar-refractivity contribution in [3.63, 3.8) is 0 Å². The molecule has 0 bridgehead atoms. The summed E-state index contributed by atoms with van der Waals surface area (Å²) in [4.78, 5) is 14.9. The third-order valence-corrected chi connectivity index (χ3v) is 10.1. The summed E-state index contributed by atoms with van der Waals surface area (Å²) in [6, 6.07) is 38.4. The minimum Gasteiger partial charge on any atom is -0.493 e. The van der Waals surface area contributed by atoms with Crippen LogP contribution in [0.4, 0.5) is 4.79 Å². The van der Waals surface area contributed by atoms with E-state index in [4.69, 9.17) is 18.9 Å². The van der Waals surface area contributed by atoms with E-state index in [-0.39, 0.29) is 24.8 Å². The quantitative estimate of drug-likeness (QED) is 0.123. The molecule has 2 heterocycles. The Kier molecular flexibility index (Phi) is 11.7. The number of hydrogen-bond donors (Lipinski definition) is 3. The van der Waals surface area contributed by atoms with Gasteiger partial charge in [-0.15, -0.1) is 0 Å². The van der Waals surface area contributed by atoms with Crippen molar-refractivity contribution in [3.8, 4) is 22.6 Å². The van der Waals surface area contributed by atoms with Crippen LogP contribution in [0.1, 0.15) is 57.8 Å². The first-order chi connectivity index (χ1) is 26.0. The number of nitrogens with one attached hydrogen (secondary N) is 2. The van der Waals surface area contributed by atoms with E-state index in [1.165, 1.54) is 11.1 Å². The molecule has 0 aromatic heterocycles. The number of fused-ring (bicyclic) bond motifs is 1. The predicted octanol–water partition coefficient (Wildman–Crippen LogP) is 7.47. The third kappa shape index (κ3) is 9.07. The Bertz CT molecular complexity index is 1970. The molecule has 3 atom stereocenters. The highest BCUT2D eigenvalue weighted by atomic mass is 16.7. The van der Waals surface area contributed by atoms with E-state index in [0.29, 0.717) is 19.5 Å². The van der Waals surface area contributed by atoms with Crippen LogP contribution < -0.4 is 20.1 Å². The fourth-order valence-electron chi connectivity index (χ4n) is 7.14. The number of carbonyl (C=O) groups excluding carboxylic acids is 1. The van der Waals surface area contributed by atoms with Crippen LogP contribution in [0.15, 0.2) is 115 Å². The van der Waals surface area contributed by atoms with Gasteiger partial charge in [0.1, 0.15) is 0 Å². The summed E-state index contributed by atoms with van der Waals surface area (Å²) >= 11 is 0. The Morgan fingerprint density at radius 2 is 1.42 bits per heavy atom.